The zero-order valence-electron chi connectivity index (χ0n) is 8.93. The van der Waals surface area contributed by atoms with Gasteiger partial charge in [0.25, 0.3) is 0 Å². The lowest BCUT2D eigenvalue weighted by molar-refractivity contribution is -0.119. The minimum Gasteiger partial charge on any atom is -0.469 e. The third kappa shape index (κ3) is 3.01. The Morgan fingerprint density at radius 2 is 2.47 bits per heavy atom. The van der Waals surface area contributed by atoms with Crippen LogP contribution in [0.4, 0.5) is 0 Å². The summed E-state index contributed by atoms with van der Waals surface area (Å²) >= 11 is 10.1. The number of carbonyl (C=O) groups is 1. The average molecular weight is 269 g/mol. The van der Waals surface area contributed by atoms with Crippen LogP contribution in [-0.2, 0) is 11.2 Å². The largest absolute Gasteiger partial charge is 0.469 e. The van der Waals surface area contributed by atoms with Gasteiger partial charge in [0.05, 0.1) is 12.7 Å². The summed E-state index contributed by atoms with van der Waals surface area (Å²) in [5, 5.41) is 6.47. The summed E-state index contributed by atoms with van der Waals surface area (Å²) in [6, 6.07) is 3.48. The van der Waals surface area contributed by atoms with Crippen LogP contribution in [0.2, 0.25) is 0 Å². The lowest BCUT2D eigenvalue weighted by Gasteiger charge is -2.17. The molecule has 1 aromatic rings. The molecule has 1 amide bonds. The van der Waals surface area contributed by atoms with Gasteiger partial charge < -0.3 is 15.1 Å². The van der Waals surface area contributed by atoms with Crippen molar-refractivity contribution in [2.24, 2.45) is 0 Å². The first kappa shape index (κ1) is 12.0. The molecule has 0 bridgehead atoms. The van der Waals surface area contributed by atoms with E-state index in [0.717, 1.165) is 6.54 Å². The molecule has 2 heterocycles. The SMILES string of the molecule is O=C(Cc1ccco1)NC(=S)N1CCNC1=S. The Kier molecular flexibility index (Phi) is 3.70. The standard InChI is InChI=1S/C10H11N3O2S2/c14-8(6-7-2-1-5-15-7)12-10(17)13-4-3-11-9(13)16/h1-2,5H,3-4,6H2,(H,11,16)(H,12,14,17). The number of nitrogens with one attached hydrogen (secondary N) is 2. The van der Waals surface area contributed by atoms with Crippen molar-refractivity contribution in [3.8, 4) is 0 Å². The van der Waals surface area contributed by atoms with Crippen LogP contribution in [0.1, 0.15) is 5.76 Å². The molecule has 0 aromatic carbocycles. The third-order valence-electron chi connectivity index (χ3n) is 2.26. The van der Waals surface area contributed by atoms with Crippen molar-refractivity contribution in [1.82, 2.24) is 15.5 Å². The van der Waals surface area contributed by atoms with E-state index in [4.69, 9.17) is 28.9 Å². The van der Waals surface area contributed by atoms with Crippen LogP contribution >= 0.6 is 24.4 Å². The van der Waals surface area contributed by atoms with E-state index in [1.54, 1.807) is 17.0 Å². The van der Waals surface area contributed by atoms with Crippen LogP contribution < -0.4 is 10.6 Å². The van der Waals surface area contributed by atoms with Gasteiger partial charge in [-0.1, -0.05) is 0 Å². The van der Waals surface area contributed by atoms with Gasteiger partial charge in [-0.2, -0.15) is 0 Å². The van der Waals surface area contributed by atoms with Gasteiger partial charge in [0, 0.05) is 13.1 Å². The Morgan fingerprint density at radius 3 is 3.06 bits per heavy atom. The van der Waals surface area contributed by atoms with Crippen molar-refractivity contribution in [1.29, 1.82) is 0 Å². The zero-order chi connectivity index (χ0) is 12.3. The van der Waals surface area contributed by atoms with E-state index >= 15 is 0 Å². The first-order valence-corrected chi connectivity index (χ1v) is 5.90. The van der Waals surface area contributed by atoms with E-state index in [1.165, 1.54) is 6.26 Å². The van der Waals surface area contributed by atoms with E-state index in [1.807, 2.05) is 0 Å². The fraction of sp³-hybridized carbons (Fsp3) is 0.300. The summed E-state index contributed by atoms with van der Waals surface area (Å²) in [6.07, 6.45) is 1.70. The molecule has 0 spiro atoms. The number of hydrogen-bond acceptors (Lipinski definition) is 4. The molecule has 90 valence electrons. The van der Waals surface area contributed by atoms with E-state index in [9.17, 15) is 4.79 Å². The molecule has 17 heavy (non-hydrogen) atoms. The number of hydrogen-bond donors (Lipinski definition) is 2. The van der Waals surface area contributed by atoms with Crippen LogP contribution in [0.25, 0.3) is 0 Å². The Hall–Kier alpha value is -1.47. The molecular weight excluding hydrogens is 258 g/mol. The number of amides is 1. The van der Waals surface area contributed by atoms with Gasteiger partial charge in [0.1, 0.15) is 5.76 Å². The minimum absolute atomic E-state index is 0.168. The topological polar surface area (TPSA) is 57.5 Å². The molecule has 7 heteroatoms. The normalized spacial score (nSPS) is 14.6. The second-order valence-electron chi connectivity index (χ2n) is 3.49. The first-order valence-electron chi connectivity index (χ1n) is 5.08. The van der Waals surface area contributed by atoms with Crippen molar-refractivity contribution in [2.45, 2.75) is 6.42 Å². The Morgan fingerprint density at radius 1 is 1.65 bits per heavy atom. The van der Waals surface area contributed by atoms with Crippen LogP contribution in [0.3, 0.4) is 0 Å². The maximum atomic E-state index is 11.6. The maximum Gasteiger partial charge on any atom is 0.233 e. The summed E-state index contributed by atoms with van der Waals surface area (Å²) < 4.78 is 5.08. The van der Waals surface area contributed by atoms with Gasteiger partial charge in [0.15, 0.2) is 10.2 Å². The quantitative estimate of drug-likeness (QED) is 0.759. The summed E-state index contributed by atoms with van der Waals surface area (Å²) in [4.78, 5) is 13.3. The van der Waals surface area contributed by atoms with Gasteiger partial charge in [-0.15, -0.1) is 0 Å². The van der Waals surface area contributed by atoms with Gasteiger partial charge >= 0.3 is 0 Å². The lowest BCUT2D eigenvalue weighted by Crippen LogP contribution is -2.44. The predicted molar refractivity (Wildman–Crippen MR) is 70.5 cm³/mol. The molecular formula is C10H11N3O2S2. The zero-order valence-corrected chi connectivity index (χ0v) is 10.6. The van der Waals surface area contributed by atoms with Gasteiger partial charge in [-0.25, -0.2) is 0 Å². The average Bonchev–Trinajstić information content (AvgIpc) is 2.88. The number of carbonyl (C=O) groups excluding carboxylic acids is 1. The summed E-state index contributed by atoms with van der Waals surface area (Å²) in [5.41, 5.74) is 0. The molecule has 0 aliphatic carbocycles. The molecule has 2 rings (SSSR count). The molecule has 0 saturated carbocycles. The lowest BCUT2D eigenvalue weighted by atomic mass is 10.3. The molecule has 0 unspecified atom stereocenters. The van der Waals surface area contributed by atoms with Crippen molar-refractivity contribution >= 4 is 40.6 Å². The van der Waals surface area contributed by atoms with Crippen LogP contribution in [0.15, 0.2) is 22.8 Å². The van der Waals surface area contributed by atoms with Gasteiger partial charge in [-0.3, -0.25) is 9.69 Å². The van der Waals surface area contributed by atoms with Crippen molar-refractivity contribution in [3.63, 3.8) is 0 Å². The third-order valence-corrected chi connectivity index (χ3v) is 2.95. The Bertz CT molecular complexity index is 444. The number of rotatable bonds is 2. The molecule has 1 aliphatic heterocycles. The molecule has 1 saturated heterocycles. The van der Waals surface area contributed by atoms with Crippen molar-refractivity contribution < 1.29 is 9.21 Å². The predicted octanol–water partition coefficient (Wildman–Crippen LogP) is 0.413. The molecule has 1 fully saturated rings. The van der Waals surface area contributed by atoms with Gasteiger partial charge in [0.2, 0.25) is 5.91 Å². The number of thiocarbonyl (C=S) groups is 2. The van der Waals surface area contributed by atoms with Gasteiger partial charge in [-0.05, 0) is 36.6 Å². The summed E-state index contributed by atoms with van der Waals surface area (Å²) in [6.45, 7) is 1.42. The van der Waals surface area contributed by atoms with Crippen LogP contribution in [-0.4, -0.2) is 34.1 Å². The fourth-order valence-corrected chi connectivity index (χ4v) is 2.11. The molecule has 1 aromatic heterocycles. The summed E-state index contributed by atoms with van der Waals surface area (Å²) in [5.74, 6) is 0.395. The maximum absolute atomic E-state index is 11.6. The van der Waals surface area contributed by atoms with E-state index in [-0.39, 0.29) is 12.3 Å². The molecule has 0 radical (unpaired) electrons. The van der Waals surface area contributed by atoms with Crippen molar-refractivity contribution in [2.75, 3.05) is 13.1 Å². The smallest absolute Gasteiger partial charge is 0.233 e. The molecule has 1 aliphatic rings. The highest BCUT2D eigenvalue weighted by atomic mass is 32.1. The van der Waals surface area contributed by atoms with E-state index < -0.39 is 0 Å². The second kappa shape index (κ2) is 5.24. The molecule has 2 N–H and O–H groups in total. The molecule has 0 atom stereocenters. The van der Waals surface area contributed by atoms with Crippen molar-refractivity contribution in [3.05, 3.63) is 24.2 Å². The highest BCUT2D eigenvalue weighted by molar-refractivity contribution is 7.81. The number of furan rings is 1. The Balaban J connectivity index is 1.86. The minimum atomic E-state index is -0.209. The highest BCUT2D eigenvalue weighted by Crippen LogP contribution is 2.02. The fourth-order valence-electron chi connectivity index (χ4n) is 1.47. The second-order valence-corrected chi connectivity index (χ2v) is 4.27. The van der Waals surface area contributed by atoms with E-state index in [2.05, 4.69) is 10.6 Å². The van der Waals surface area contributed by atoms with Crippen LogP contribution in [0.5, 0.6) is 0 Å². The van der Waals surface area contributed by atoms with Crippen LogP contribution in [0, 0.1) is 0 Å². The monoisotopic (exact) mass is 269 g/mol. The highest BCUT2D eigenvalue weighted by Gasteiger charge is 2.21. The molecule has 5 nitrogen and oxygen atoms in total. The van der Waals surface area contributed by atoms with E-state index in [0.29, 0.717) is 22.5 Å². The first-order chi connectivity index (χ1) is 8.16. The number of nitrogens with zero attached hydrogens (tertiary/aromatic N) is 1. The Labute approximate surface area is 109 Å². The summed E-state index contributed by atoms with van der Waals surface area (Å²) in [7, 11) is 0.